The number of rotatable bonds is 4. The third kappa shape index (κ3) is 3.63. The summed E-state index contributed by atoms with van der Waals surface area (Å²) in [6, 6.07) is 1.49. The fourth-order valence-corrected chi connectivity index (χ4v) is 3.96. The average Bonchev–Trinajstić information content (AvgIpc) is 3.55. The maximum Gasteiger partial charge on any atom is 0.295 e. The molecule has 2 amide bonds. The summed E-state index contributed by atoms with van der Waals surface area (Å²) in [6.45, 7) is 2.92. The van der Waals surface area contributed by atoms with Gasteiger partial charge >= 0.3 is 0 Å². The Labute approximate surface area is 187 Å². The lowest BCUT2D eigenvalue weighted by Gasteiger charge is -2.33. The van der Waals surface area contributed by atoms with Gasteiger partial charge in [-0.3, -0.25) is 29.3 Å². The van der Waals surface area contributed by atoms with Crippen molar-refractivity contribution in [3.8, 4) is 11.4 Å². The van der Waals surface area contributed by atoms with Gasteiger partial charge in [0.1, 0.15) is 11.4 Å². The number of hydrogen-bond acceptors (Lipinski definition) is 8. The Bertz CT molecular complexity index is 1340. The summed E-state index contributed by atoms with van der Waals surface area (Å²) < 4.78 is 4.91. The Morgan fingerprint density at radius 2 is 1.79 bits per heavy atom. The van der Waals surface area contributed by atoms with Gasteiger partial charge in [-0.2, -0.15) is 0 Å². The van der Waals surface area contributed by atoms with Crippen molar-refractivity contribution in [2.75, 3.05) is 26.2 Å². The van der Waals surface area contributed by atoms with Gasteiger partial charge in [0.2, 0.25) is 5.76 Å². The number of aromatic amines is 1. The van der Waals surface area contributed by atoms with E-state index in [2.05, 4.69) is 25.1 Å². The highest BCUT2D eigenvalue weighted by molar-refractivity contribution is 6.45. The molecule has 0 saturated carbocycles. The van der Waals surface area contributed by atoms with Crippen LogP contribution in [0.25, 0.3) is 22.3 Å². The molecule has 0 bridgehead atoms. The molecule has 1 aliphatic heterocycles. The second-order valence-corrected chi connectivity index (χ2v) is 7.62. The minimum Gasteiger partial charge on any atom is -0.359 e. The van der Waals surface area contributed by atoms with Crippen molar-refractivity contribution >= 4 is 28.5 Å². The summed E-state index contributed by atoms with van der Waals surface area (Å²) in [5.74, 6) is -1.37. The van der Waals surface area contributed by atoms with Gasteiger partial charge in [-0.05, 0) is 12.5 Å². The van der Waals surface area contributed by atoms with Crippen LogP contribution in [0.5, 0.6) is 0 Å². The molecule has 5 heterocycles. The van der Waals surface area contributed by atoms with Gasteiger partial charge < -0.3 is 19.3 Å². The number of Topliss-reactive ketones (excluding diaryl/α,β-unsaturated/α-hetero) is 1. The molecule has 4 aromatic heterocycles. The molecule has 0 radical (unpaired) electrons. The van der Waals surface area contributed by atoms with E-state index < -0.39 is 11.7 Å². The molecule has 1 saturated heterocycles. The van der Waals surface area contributed by atoms with E-state index in [1.165, 1.54) is 23.4 Å². The van der Waals surface area contributed by atoms with Crippen LogP contribution in [0.15, 0.2) is 47.8 Å². The second-order valence-electron chi connectivity index (χ2n) is 7.62. The van der Waals surface area contributed by atoms with E-state index in [4.69, 9.17) is 4.52 Å². The standard InChI is InChI=1S/C22H19N7O4/c1-13-10-25-18(15-12-23-4-5-24-15)19-17(13)14(11-26-19)20(30)22(32)29-8-6-28(7-9-29)21(31)16-2-3-27-33-16/h2-5,10-12,26H,6-9H2,1H3. The minimum atomic E-state index is -0.615. The fraction of sp³-hybridized carbons (Fsp3) is 0.227. The number of amides is 2. The van der Waals surface area contributed by atoms with Crippen LogP contribution in [-0.2, 0) is 4.79 Å². The van der Waals surface area contributed by atoms with Crippen LogP contribution in [0, 0.1) is 6.92 Å². The molecule has 0 unspecified atom stereocenters. The number of carbonyl (C=O) groups is 3. The number of H-pyrrole nitrogens is 1. The Kier molecular flexibility index (Phi) is 5.13. The van der Waals surface area contributed by atoms with Gasteiger partial charge in [-0.15, -0.1) is 0 Å². The lowest BCUT2D eigenvalue weighted by Crippen LogP contribution is -2.52. The molecular weight excluding hydrogens is 426 g/mol. The van der Waals surface area contributed by atoms with Gasteiger partial charge in [0.05, 0.1) is 23.5 Å². The van der Waals surface area contributed by atoms with Gasteiger partial charge in [0.15, 0.2) is 0 Å². The summed E-state index contributed by atoms with van der Waals surface area (Å²) in [5.41, 5.74) is 2.77. The van der Waals surface area contributed by atoms with Crippen molar-refractivity contribution < 1.29 is 18.9 Å². The van der Waals surface area contributed by atoms with Crippen molar-refractivity contribution in [1.82, 2.24) is 34.9 Å². The highest BCUT2D eigenvalue weighted by atomic mass is 16.5. The predicted molar refractivity (Wildman–Crippen MR) is 115 cm³/mol. The Hall–Kier alpha value is -4.41. The molecule has 4 aromatic rings. The quantitative estimate of drug-likeness (QED) is 0.368. The lowest BCUT2D eigenvalue weighted by atomic mass is 10.0. The van der Waals surface area contributed by atoms with E-state index in [1.54, 1.807) is 29.7 Å². The molecular formula is C22H19N7O4. The number of pyridine rings is 1. The Balaban J connectivity index is 1.36. The van der Waals surface area contributed by atoms with E-state index in [1.807, 2.05) is 6.92 Å². The maximum absolute atomic E-state index is 13.2. The number of hydrogen-bond donors (Lipinski definition) is 1. The molecule has 11 nitrogen and oxygen atoms in total. The van der Waals surface area contributed by atoms with Crippen LogP contribution >= 0.6 is 0 Å². The summed E-state index contributed by atoms with van der Waals surface area (Å²) in [5, 5.41) is 4.17. The summed E-state index contributed by atoms with van der Waals surface area (Å²) in [4.78, 5) is 57.5. The number of nitrogens with zero attached hydrogens (tertiary/aromatic N) is 6. The van der Waals surface area contributed by atoms with Crippen LogP contribution in [0.3, 0.4) is 0 Å². The molecule has 0 aromatic carbocycles. The molecule has 33 heavy (non-hydrogen) atoms. The van der Waals surface area contributed by atoms with E-state index in [9.17, 15) is 14.4 Å². The number of aryl methyl sites for hydroxylation is 1. The van der Waals surface area contributed by atoms with E-state index >= 15 is 0 Å². The molecule has 0 atom stereocenters. The Morgan fingerprint density at radius 3 is 2.48 bits per heavy atom. The second kappa shape index (κ2) is 8.26. The van der Waals surface area contributed by atoms with Gasteiger partial charge in [0.25, 0.3) is 17.6 Å². The number of aromatic nitrogens is 5. The van der Waals surface area contributed by atoms with Crippen molar-refractivity contribution in [2.45, 2.75) is 6.92 Å². The molecule has 5 rings (SSSR count). The number of carbonyl (C=O) groups excluding carboxylic acids is 3. The largest absolute Gasteiger partial charge is 0.359 e. The monoisotopic (exact) mass is 445 g/mol. The van der Waals surface area contributed by atoms with Gasteiger partial charge in [-0.1, -0.05) is 5.16 Å². The maximum atomic E-state index is 13.2. The van der Waals surface area contributed by atoms with Crippen LogP contribution < -0.4 is 0 Å². The van der Waals surface area contributed by atoms with Gasteiger partial charge in [0, 0.05) is 62.4 Å². The first-order valence-corrected chi connectivity index (χ1v) is 10.3. The summed E-state index contributed by atoms with van der Waals surface area (Å²) >= 11 is 0. The van der Waals surface area contributed by atoms with Crippen molar-refractivity contribution in [1.29, 1.82) is 0 Å². The van der Waals surface area contributed by atoms with E-state index in [-0.39, 0.29) is 30.3 Å². The van der Waals surface area contributed by atoms with E-state index in [0.717, 1.165) is 5.56 Å². The normalized spacial score (nSPS) is 14.0. The third-order valence-electron chi connectivity index (χ3n) is 5.65. The molecule has 1 aliphatic rings. The lowest BCUT2D eigenvalue weighted by molar-refractivity contribution is -0.127. The van der Waals surface area contributed by atoms with Crippen LogP contribution in [0.2, 0.25) is 0 Å². The zero-order valence-corrected chi connectivity index (χ0v) is 17.7. The molecule has 0 spiro atoms. The van der Waals surface area contributed by atoms with Crippen molar-refractivity contribution in [2.24, 2.45) is 0 Å². The summed E-state index contributed by atoms with van der Waals surface area (Å²) in [7, 11) is 0. The fourth-order valence-electron chi connectivity index (χ4n) is 3.96. The Morgan fingerprint density at radius 1 is 1.00 bits per heavy atom. The smallest absolute Gasteiger partial charge is 0.295 e. The first kappa shape index (κ1) is 20.5. The van der Waals surface area contributed by atoms with Crippen LogP contribution in [-0.4, -0.2) is 78.7 Å². The topological polar surface area (TPSA) is 138 Å². The first-order chi connectivity index (χ1) is 16.0. The molecule has 1 fully saturated rings. The number of fused-ring (bicyclic) bond motifs is 1. The molecule has 11 heteroatoms. The van der Waals surface area contributed by atoms with Crippen LogP contribution in [0.4, 0.5) is 0 Å². The van der Waals surface area contributed by atoms with Crippen LogP contribution in [0.1, 0.15) is 26.5 Å². The molecule has 166 valence electrons. The zero-order valence-electron chi connectivity index (χ0n) is 17.7. The van der Waals surface area contributed by atoms with E-state index in [0.29, 0.717) is 35.4 Å². The first-order valence-electron chi connectivity index (χ1n) is 10.3. The summed E-state index contributed by atoms with van der Waals surface area (Å²) in [6.07, 6.45) is 9.30. The highest BCUT2D eigenvalue weighted by Crippen LogP contribution is 2.29. The number of ketones is 1. The number of nitrogens with one attached hydrogen (secondary N) is 1. The predicted octanol–water partition coefficient (Wildman–Crippen LogP) is 1.48. The van der Waals surface area contributed by atoms with Crippen molar-refractivity contribution in [3.63, 3.8) is 0 Å². The molecule has 0 aliphatic carbocycles. The number of piperazine rings is 1. The molecule has 1 N–H and O–H groups in total. The minimum absolute atomic E-state index is 0.146. The van der Waals surface area contributed by atoms with Gasteiger partial charge in [-0.25, -0.2) is 0 Å². The average molecular weight is 445 g/mol. The van der Waals surface area contributed by atoms with Crippen molar-refractivity contribution in [3.05, 3.63) is 60.1 Å². The highest BCUT2D eigenvalue weighted by Gasteiger charge is 2.31. The zero-order chi connectivity index (χ0) is 22.9. The SMILES string of the molecule is Cc1cnc(-c2cnccn2)c2[nH]cc(C(=O)C(=O)N3CCN(C(=O)c4ccno4)CC3)c12. The third-order valence-corrected chi connectivity index (χ3v) is 5.65.